The molecule has 2 rings (SSSR count). The number of fused-ring (bicyclic) bond motifs is 1. The second-order valence-corrected chi connectivity index (χ2v) is 2.47. The molecular formula is C8H9NO2. The van der Waals surface area contributed by atoms with Crippen molar-refractivity contribution in [1.82, 2.24) is 4.98 Å². The van der Waals surface area contributed by atoms with E-state index in [9.17, 15) is 0 Å². The van der Waals surface area contributed by atoms with Crippen LogP contribution in [0, 0.1) is 6.92 Å². The SMILES string of the molecule is Cc1cc2c(cn1)OCCO2. The Balaban J connectivity index is 2.43. The molecule has 1 aromatic heterocycles. The predicted octanol–water partition coefficient (Wildman–Crippen LogP) is 1.16. The molecule has 11 heavy (non-hydrogen) atoms. The van der Waals surface area contributed by atoms with Gasteiger partial charge in [0.25, 0.3) is 0 Å². The summed E-state index contributed by atoms with van der Waals surface area (Å²) in [6.45, 7) is 3.19. The molecule has 0 atom stereocenters. The van der Waals surface area contributed by atoms with Crippen LogP contribution in [-0.2, 0) is 0 Å². The van der Waals surface area contributed by atoms with Crippen molar-refractivity contribution in [3.05, 3.63) is 18.0 Å². The lowest BCUT2D eigenvalue weighted by atomic mass is 10.3. The number of aromatic nitrogens is 1. The van der Waals surface area contributed by atoms with E-state index in [1.54, 1.807) is 6.20 Å². The zero-order valence-corrected chi connectivity index (χ0v) is 6.33. The van der Waals surface area contributed by atoms with Gasteiger partial charge >= 0.3 is 0 Å². The maximum atomic E-state index is 5.34. The molecule has 3 nitrogen and oxygen atoms in total. The van der Waals surface area contributed by atoms with E-state index in [4.69, 9.17) is 9.47 Å². The molecule has 0 aromatic carbocycles. The van der Waals surface area contributed by atoms with Crippen molar-refractivity contribution in [3.63, 3.8) is 0 Å². The van der Waals surface area contributed by atoms with Crippen LogP contribution in [0.2, 0.25) is 0 Å². The van der Waals surface area contributed by atoms with E-state index in [2.05, 4.69) is 4.98 Å². The molecule has 0 fully saturated rings. The summed E-state index contributed by atoms with van der Waals surface area (Å²) in [5, 5.41) is 0. The van der Waals surface area contributed by atoms with Crippen molar-refractivity contribution < 1.29 is 9.47 Å². The molecule has 58 valence electrons. The highest BCUT2D eigenvalue weighted by molar-refractivity contribution is 5.39. The average Bonchev–Trinajstić information content (AvgIpc) is 2.04. The van der Waals surface area contributed by atoms with Gasteiger partial charge < -0.3 is 9.47 Å². The number of hydrogen-bond acceptors (Lipinski definition) is 3. The Morgan fingerprint density at radius 2 is 2.00 bits per heavy atom. The maximum Gasteiger partial charge on any atom is 0.179 e. The van der Waals surface area contributed by atoms with E-state index in [0.29, 0.717) is 13.2 Å². The van der Waals surface area contributed by atoms with Crippen LogP contribution >= 0.6 is 0 Å². The van der Waals surface area contributed by atoms with Crippen molar-refractivity contribution in [2.24, 2.45) is 0 Å². The van der Waals surface area contributed by atoms with Gasteiger partial charge in [0.15, 0.2) is 11.5 Å². The number of ether oxygens (including phenoxy) is 2. The molecular weight excluding hydrogens is 142 g/mol. The minimum Gasteiger partial charge on any atom is -0.486 e. The molecule has 0 radical (unpaired) electrons. The molecule has 0 unspecified atom stereocenters. The molecule has 3 heteroatoms. The van der Waals surface area contributed by atoms with Gasteiger partial charge in [0.2, 0.25) is 0 Å². The van der Waals surface area contributed by atoms with Gasteiger partial charge in [-0.15, -0.1) is 0 Å². The Labute approximate surface area is 65.0 Å². The summed E-state index contributed by atoms with van der Waals surface area (Å²) in [5.41, 5.74) is 0.953. The van der Waals surface area contributed by atoms with Crippen molar-refractivity contribution in [2.45, 2.75) is 6.92 Å². The molecule has 0 bridgehead atoms. The Morgan fingerprint density at radius 1 is 1.27 bits per heavy atom. The minimum absolute atomic E-state index is 0.623. The molecule has 2 heterocycles. The summed E-state index contributed by atoms with van der Waals surface area (Å²) in [7, 11) is 0. The highest BCUT2D eigenvalue weighted by Crippen LogP contribution is 2.28. The molecule has 0 spiro atoms. The zero-order chi connectivity index (χ0) is 7.68. The summed E-state index contributed by atoms with van der Waals surface area (Å²) >= 11 is 0. The van der Waals surface area contributed by atoms with Crippen LogP contribution in [0.3, 0.4) is 0 Å². The Morgan fingerprint density at radius 3 is 2.82 bits per heavy atom. The van der Waals surface area contributed by atoms with E-state index in [-0.39, 0.29) is 0 Å². The molecule has 1 aliphatic rings. The number of nitrogens with zero attached hydrogens (tertiary/aromatic N) is 1. The Hall–Kier alpha value is -1.25. The highest BCUT2D eigenvalue weighted by Gasteiger charge is 2.10. The van der Waals surface area contributed by atoms with Crippen LogP contribution in [0.5, 0.6) is 11.5 Å². The van der Waals surface area contributed by atoms with Crippen LogP contribution in [0.25, 0.3) is 0 Å². The topological polar surface area (TPSA) is 31.4 Å². The number of aryl methyl sites for hydroxylation is 1. The maximum absolute atomic E-state index is 5.34. The summed E-state index contributed by atoms with van der Waals surface area (Å²) < 4.78 is 10.6. The molecule has 0 N–H and O–H groups in total. The number of rotatable bonds is 0. The van der Waals surface area contributed by atoms with Gasteiger partial charge in [-0.2, -0.15) is 0 Å². The summed E-state index contributed by atoms with van der Waals surface area (Å²) in [6.07, 6.45) is 1.70. The van der Waals surface area contributed by atoms with E-state index in [1.807, 2.05) is 13.0 Å². The van der Waals surface area contributed by atoms with Crippen molar-refractivity contribution in [3.8, 4) is 11.5 Å². The first-order valence-electron chi connectivity index (χ1n) is 3.58. The number of pyridine rings is 1. The van der Waals surface area contributed by atoms with E-state index >= 15 is 0 Å². The first-order chi connectivity index (χ1) is 5.36. The summed E-state index contributed by atoms with van der Waals surface area (Å²) in [5.74, 6) is 1.56. The van der Waals surface area contributed by atoms with Gasteiger partial charge in [-0.25, -0.2) is 0 Å². The minimum atomic E-state index is 0.623. The van der Waals surface area contributed by atoms with Gasteiger partial charge in [-0.1, -0.05) is 0 Å². The fraction of sp³-hybridized carbons (Fsp3) is 0.375. The van der Waals surface area contributed by atoms with E-state index < -0.39 is 0 Å². The molecule has 1 aromatic rings. The smallest absolute Gasteiger partial charge is 0.179 e. The van der Waals surface area contributed by atoms with E-state index in [0.717, 1.165) is 17.2 Å². The van der Waals surface area contributed by atoms with Crippen LogP contribution in [-0.4, -0.2) is 18.2 Å². The number of hydrogen-bond donors (Lipinski definition) is 0. The van der Waals surface area contributed by atoms with Gasteiger partial charge in [-0.05, 0) is 6.92 Å². The first kappa shape index (κ1) is 6.46. The van der Waals surface area contributed by atoms with E-state index in [1.165, 1.54) is 0 Å². The van der Waals surface area contributed by atoms with Crippen LogP contribution in [0.4, 0.5) is 0 Å². The molecule has 0 saturated carbocycles. The van der Waals surface area contributed by atoms with Crippen LogP contribution in [0.15, 0.2) is 12.3 Å². The standard InChI is InChI=1S/C8H9NO2/c1-6-4-7-8(5-9-6)11-3-2-10-7/h4-5H,2-3H2,1H3. The first-order valence-corrected chi connectivity index (χ1v) is 3.58. The largest absolute Gasteiger partial charge is 0.486 e. The highest BCUT2D eigenvalue weighted by atomic mass is 16.6. The lowest BCUT2D eigenvalue weighted by Gasteiger charge is -2.17. The van der Waals surface area contributed by atoms with Gasteiger partial charge in [0, 0.05) is 11.8 Å². The zero-order valence-electron chi connectivity index (χ0n) is 6.33. The molecule has 1 aliphatic heterocycles. The third kappa shape index (κ3) is 1.13. The summed E-state index contributed by atoms with van der Waals surface area (Å²) in [4.78, 5) is 4.09. The lowest BCUT2D eigenvalue weighted by Crippen LogP contribution is -2.15. The van der Waals surface area contributed by atoms with Crippen LogP contribution < -0.4 is 9.47 Å². The Bertz CT molecular complexity index is 273. The van der Waals surface area contributed by atoms with Crippen molar-refractivity contribution >= 4 is 0 Å². The quantitative estimate of drug-likeness (QED) is 0.557. The lowest BCUT2D eigenvalue weighted by molar-refractivity contribution is 0.170. The Kier molecular flexibility index (Phi) is 1.42. The van der Waals surface area contributed by atoms with Gasteiger partial charge in [0.1, 0.15) is 13.2 Å². The second-order valence-electron chi connectivity index (χ2n) is 2.47. The normalized spacial score (nSPS) is 14.6. The molecule has 0 aliphatic carbocycles. The van der Waals surface area contributed by atoms with Crippen LogP contribution in [0.1, 0.15) is 5.69 Å². The monoisotopic (exact) mass is 151 g/mol. The predicted molar refractivity (Wildman–Crippen MR) is 40.0 cm³/mol. The van der Waals surface area contributed by atoms with Crippen molar-refractivity contribution in [1.29, 1.82) is 0 Å². The van der Waals surface area contributed by atoms with Crippen molar-refractivity contribution in [2.75, 3.05) is 13.2 Å². The van der Waals surface area contributed by atoms with Gasteiger partial charge in [-0.3, -0.25) is 4.98 Å². The fourth-order valence-electron chi connectivity index (χ4n) is 1.05. The molecule has 0 amide bonds. The molecule has 0 saturated heterocycles. The second kappa shape index (κ2) is 2.42. The summed E-state index contributed by atoms with van der Waals surface area (Å²) in [6, 6.07) is 1.88. The third-order valence-electron chi connectivity index (χ3n) is 1.57. The van der Waals surface area contributed by atoms with Gasteiger partial charge in [0.05, 0.1) is 6.20 Å². The average molecular weight is 151 g/mol. The third-order valence-corrected chi connectivity index (χ3v) is 1.57. The fourth-order valence-corrected chi connectivity index (χ4v) is 1.05.